The zero-order valence-corrected chi connectivity index (χ0v) is 25.6. The highest BCUT2D eigenvalue weighted by molar-refractivity contribution is 7.47. The van der Waals surface area contributed by atoms with Crippen molar-refractivity contribution in [1.82, 2.24) is 39.0 Å². The van der Waals surface area contributed by atoms with E-state index in [9.17, 15) is 33.9 Å². The first-order valence-corrected chi connectivity index (χ1v) is 16.9. The molecule has 0 amide bonds. The summed E-state index contributed by atoms with van der Waals surface area (Å²) in [6.07, 6.45) is -6.62. The fourth-order valence-corrected chi connectivity index (χ4v) is 7.83. The Hall–Kier alpha value is -3.44. The van der Waals surface area contributed by atoms with Crippen LogP contribution >= 0.6 is 15.6 Å². The number of phosphoric ester groups is 2. The minimum Gasteiger partial charge on any atom is -0.396 e. The molecule has 0 spiro atoms. The van der Waals surface area contributed by atoms with Gasteiger partial charge in [0.1, 0.15) is 36.3 Å². The van der Waals surface area contributed by atoms with Gasteiger partial charge < -0.3 is 40.9 Å². The van der Waals surface area contributed by atoms with Gasteiger partial charge in [0.05, 0.1) is 32.0 Å². The maximum atomic E-state index is 13.4. The Bertz CT molecular complexity index is 1970. The molecule has 7 rings (SSSR count). The maximum Gasteiger partial charge on any atom is 0.472 e. The SMILES string of the molecule is Nc1nc2c(ncn2[C@@H]2O[C@@H]3COP(=O)(O)OC4[C@@H](COP(=O)(O)OC2[C@H]3CCO)O[C@@H](n2cnc3c(N)ncnc32)[C@H]4O)c(=O)[nH]1. The summed E-state index contributed by atoms with van der Waals surface area (Å²) in [5.41, 5.74) is 11.0. The van der Waals surface area contributed by atoms with Gasteiger partial charge in [0.2, 0.25) is 5.95 Å². The summed E-state index contributed by atoms with van der Waals surface area (Å²) in [6, 6.07) is 0. The topological polar surface area (TPSA) is 330 Å². The summed E-state index contributed by atoms with van der Waals surface area (Å²) in [7, 11) is -10.1. The number of hydrogen-bond acceptors (Lipinski definition) is 18. The highest BCUT2D eigenvalue weighted by Crippen LogP contribution is 2.55. The number of hydrogen-bond donors (Lipinski definition) is 7. The zero-order chi connectivity index (χ0) is 33.2. The molecule has 23 nitrogen and oxygen atoms in total. The molecule has 9 N–H and O–H groups in total. The van der Waals surface area contributed by atoms with Gasteiger partial charge in [-0.05, 0) is 6.42 Å². The van der Waals surface area contributed by atoms with Crippen LogP contribution in [0.1, 0.15) is 18.9 Å². The number of aromatic amines is 1. The Morgan fingerprint density at radius 3 is 2.26 bits per heavy atom. The number of nitrogen functional groups attached to an aromatic ring is 2. The number of imidazole rings is 2. The van der Waals surface area contributed by atoms with Crippen LogP contribution in [0, 0.1) is 5.92 Å². The van der Waals surface area contributed by atoms with E-state index in [4.69, 9.17) is 39.0 Å². The molecule has 0 aliphatic carbocycles. The van der Waals surface area contributed by atoms with E-state index in [0.717, 1.165) is 12.7 Å². The predicted molar refractivity (Wildman–Crippen MR) is 153 cm³/mol. The van der Waals surface area contributed by atoms with Gasteiger partial charge >= 0.3 is 15.6 Å². The number of nitrogens with two attached hydrogens (primary N) is 2. The van der Waals surface area contributed by atoms with Gasteiger partial charge in [0.15, 0.2) is 35.1 Å². The van der Waals surface area contributed by atoms with Crippen LogP contribution in [0.3, 0.4) is 0 Å². The van der Waals surface area contributed by atoms with Gasteiger partial charge in [-0.3, -0.25) is 37.0 Å². The Morgan fingerprint density at radius 2 is 1.53 bits per heavy atom. The third-order valence-corrected chi connectivity index (χ3v) is 9.94. The molecular formula is C22H28N10O13P2. The average Bonchev–Trinajstić information content (AvgIpc) is 3.76. The minimum atomic E-state index is -5.06. The van der Waals surface area contributed by atoms with Crippen LogP contribution in [0.5, 0.6) is 0 Å². The van der Waals surface area contributed by atoms with Crippen LogP contribution in [-0.2, 0) is 36.7 Å². The molecule has 3 aliphatic heterocycles. The Morgan fingerprint density at radius 1 is 0.894 bits per heavy atom. The molecule has 0 radical (unpaired) electrons. The number of nitrogens with zero attached hydrogens (tertiary/aromatic N) is 7. The molecule has 4 aromatic rings. The van der Waals surface area contributed by atoms with Crippen LogP contribution in [0.2, 0.25) is 0 Å². The maximum absolute atomic E-state index is 13.4. The highest BCUT2D eigenvalue weighted by atomic mass is 31.2. The fourth-order valence-electron chi connectivity index (χ4n) is 5.90. The molecule has 10 atom stereocenters. The average molecular weight is 702 g/mol. The van der Waals surface area contributed by atoms with Gasteiger partial charge in [0, 0.05) is 12.5 Å². The van der Waals surface area contributed by atoms with Crippen molar-refractivity contribution in [3.8, 4) is 0 Å². The van der Waals surface area contributed by atoms with Crippen molar-refractivity contribution >= 4 is 49.7 Å². The number of aliphatic hydroxyl groups is 2. The molecule has 4 unspecified atom stereocenters. The number of anilines is 2. The van der Waals surface area contributed by atoms with Crippen LogP contribution in [0.25, 0.3) is 22.3 Å². The number of H-pyrrole nitrogens is 1. The van der Waals surface area contributed by atoms with E-state index < -0.39 is 89.9 Å². The lowest BCUT2D eigenvalue weighted by molar-refractivity contribution is -0.0671. The molecule has 3 saturated heterocycles. The summed E-state index contributed by atoms with van der Waals surface area (Å²) < 4.78 is 62.7. The number of aromatic nitrogens is 8. The first-order chi connectivity index (χ1) is 22.4. The number of phosphoric acid groups is 2. The first-order valence-electron chi connectivity index (χ1n) is 13.9. The van der Waals surface area contributed by atoms with E-state index in [-0.39, 0.29) is 40.5 Å². The molecule has 4 aromatic heterocycles. The summed E-state index contributed by atoms with van der Waals surface area (Å²) in [6.45, 7) is -1.92. The van der Waals surface area contributed by atoms with Crippen LogP contribution in [0.4, 0.5) is 11.8 Å². The summed E-state index contributed by atoms with van der Waals surface area (Å²) in [4.78, 5) is 56.5. The van der Waals surface area contributed by atoms with E-state index in [1.165, 1.54) is 15.5 Å². The first kappa shape index (κ1) is 32.1. The van der Waals surface area contributed by atoms with Crippen molar-refractivity contribution in [1.29, 1.82) is 0 Å². The van der Waals surface area contributed by atoms with Crippen LogP contribution < -0.4 is 17.0 Å². The van der Waals surface area contributed by atoms with E-state index in [2.05, 4.69) is 29.9 Å². The molecule has 0 saturated carbocycles. The zero-order valence-electron chi connectivity index (χ0n) is 23.8. The molecule has 3 fully saturated rings. The minimum absolute atomic E-state index is 0.0411. The van der Waals surface area contributed by atoms with Gasteiger partial charge in [-0.2, -0.15) is 4.98 Å². The summed E-state index contributed by atoms with van der Waals surface area (Å²) in [5, 5.41) is 21.0. The van der Waals surface area contributed by atoms with E-state index >= 15 is 0 Å². The van der Waals surface area contributed by atoms with E-state index in [1.54, 1.807) is 0 Å². The van der Waals surface area contributed by atoms with Gasteiger partial charge in [-0.25, -0.2) is 29.1 Å². The van der Waals surface area contributed by atoms with Crippen molar-refractivity contribution in [2.45, 2.75) is 49.4 Å². The number of fused-ring (bicyclic) bond motifs is 5. The Balaban J connectivity index is 1.23. The summed E-state index contributed by atoms with van der Waals surface area (Å²) in [5.74, 6) is -1.17. The normalized spacial score (nSPS) is 36.6. The van der Waals surface area contributed by atoms with Crippen molar-refractivity contribution in [3.63, 3.8) is 0 Å². The standard InChI is InChI=1S/C22H28N10O13P2/c23-16-11-17(26-5-25-16)31(6-27-11)20-13(34)15-10(43-20)4-41-46(36,37)44-14-8(1-2-33)9(3-40-47(38,39)45-15)42-21(14)32-7-28-12-18(32)29-22(24)30-19(12)35/h5-10,13-15,20-21,33-34H,1-4H2,(H,36,37)(H,38,39)(H2,23,25,26)(H3,24,29,30,35)/t8-,9+,10+,13-,14?,15?,20+,21+/m0/s1. The smallest absolute Gasteiger partial charge is 0.396 e. The fraction of sp³-hybridized carbons (Fsp3) is 0.545. The summed E-state index contributed by atoms with van der Waals surface area (Å²) >= 11 is 0. The molecule has 25 heteroatoms. The molecule has 7 heterocycles. The largest absolute Gasteiger partial charge is 0.472 e. The highest BCUT2D eigenvalue weighted by Gasteiger charge is 2.54. The monoisotopic (exact) mass is 702 g/mol. The van der Waals surface area contributed by atoms with Gasteiger partial charge in [-0.1, -0.05) is 0 Å². The lowest BCUT2D eigenvalue weighted by Gasteiger charge is -2.26. The number of ether oxygens (including phenoxy) is 2. The second-order valence-corrected chi connectivity index (χ2v) is 13.6. The molecule has 2 bridgehead atoms. The van der Waals surface area contributed by atoms with Crippen molar-refractivity contribution in [3.05, 3.63) is 29.3 Å². The van der Waals surface area contributed by atoms with Gasteiger partial charge in [0.25, 0.3) is 5.56 Å². The number of nitrogens with one attached hydrogen (secondary N) is 1. The molecule has 3 aliphatic rings. The van der Waals surface area contributed by atoms with E-state index in [0.29, 0.717) is 0 Å². The van der Waals surface area contributed by atoms with E-state index in [1.807, 2.05) is 0 Å². The number of rotatable bonds is 4. The molecule has 254 valence electrons. The number of aliphatic hydroxyl groups excluding tert-OH is 2. The Labute approximate surface area is 261 Å². The lowest BCUT2D eigenvalue weighted by Crippen LogP contribution is -2.36. The van der Waals surface area contributed by atoms with Crippen molar-refractivity contribution in [2.75, 3.05) is 31.3 Å². The van der Waals surface area contributed by atoms with Crippen molar-refractivity contribution in [2.24, 2.45) is 5.92 Å². The lowest BCUT2D eigenvalue weighted by atomic mass is 9.95. The quantitative estimate of drug-likeness (QED) is 0.116. The van der Waals surface area contributed by atoms with Crippen LogP contribution in [0.15, 0.2) is 23.8 Å². The molecule has 0 aromatic carbocycles. The Kier molecular flexibility index (Phi) is 8.14. The molecule has 47 heavy (non-hydrogen) atoms. The molecular weight excluding hydrogens is 674 g/mol. The third-order valence-electron chi connectivity index (χ3n) is 7.97. The van der Waals surface area contributed by atoms with Crippen molar-refractivity contribution < 1.29 is 56.7 Å². The predicted octanol–water partition coefficient (Wildman–Crippen LogP) is -1.70. The second-order valence-electron chi connectivity index (χ2n) is 10.8. The van der Waals surface area contributed by atoms with Gasteiger partial charge in [-0.15, -0.1) is 0 Å². The third kappa shape index (κ3) is 5.83. The van der Waals surface area contributed by atoms with Crippen LogP contribution in [-0.4, -0.2) is 109 Å². The second kappa shape index (κ2) is 11.9.